The van der Waals surface area contributed by atoms with Crippen LogP contribution in [-0.4, -0.2) is 41.5 Å². The van der Waals surface area contributed by atoms with Crippen molar-refractivity contribution in [2.75, 3.05) is 7.05 Å². The van der Waals surface area contributed by atoms with Gasteiger partial charge in [0.15, 0.2) is 0 Å². The maximum atomic E-state index is 12.6. The number of nitrogens with one attached hydrogen (secondary N) is 2. The SMILES string of the molecule is Cc1nn(C)cc1[C@@H]1C[C@H](C(=O)NCc2cccs2)N(C)S(=O)(=O)N1. The molecule has 8 nitrogen and oxygen atoms in total. The largest absolute Gasteiger partial charge is 0.350 e. The Morgan fingerprint density at radius 3 is 2.84 bits per heavy atom. The van der Waals surface area contributed by atoms with Crippen molar-refractivity contribution in [3.05, 3.63) is 39.8 Å². The molecule has 0 unspecified atom stereocenters. The first kappa shape index (κ1) is 18.1. The third-order valence-electron chi connectivity index (χ3n) is 4.31. The van der Waals surface area contributed by atoms with Crippen LogP contribution in [0.25, 0.3) is 0 Å². The number of hydrogen-bond acceptors (Lipinski definition) is 5. The number of thiophene rings is 1. The zero-order chi connectivity index (χ0) is 18.2. The summed E-state index contributed by atoms with van der Waals surface area (Å²) >= 11 is 1.54. The monoisotopic (exact) mass is 383 g/mol. The van der Waals surface area contributed by atoms with Crippen LogP contribution in [0.5, 0.6) is 0 Å². The lowest BCUT2D eigenvalue weighted by Gasteiger charge is -2.36. The molecule has 3 heterocycles. The quantitative estimate of drug-likeness (QED) is 0.812. The lowest BCUT2D eigenvalue weighted by Crippen LogP contribution is -2.57. The van der Waals surface area contributed by atoms with Gasteiger partial charge in [-0.15, -0.1) is 11.3 Å². The molecule has 2 aromatic rings. The van der Waals surface area contributed by atoms with E-state index in [1.54, 1.807) is 29.3 Å². The van der Waals surface area contributed by atoms with Gasteiger partial charge in [-0.1, -0.05) is 6.07 Å². The number of rotatable bonds is 4. The molecule has 136 valence electrons. The molecule has 0 aromatic carbocycles. The highest BCUT2D eigenvalue weighted by Gasteiger charge is 2.41. The number of amides is 1. The van der Waals surface area contributed by atoms with Crippen LogP contribution >= 0.6 is 11.3 Å². The Labute approximate surface area is 151 Å². The van der Waals surface area contributed by atoms with Crippen molar-refractivity contribution >= 4 is 27.5 Å². The molecule has 1 amide bonds. The molecule has 0 aliphatic carbocycles. The Bertz CT molecular complexity index is 860. The van der Waals surface area contributed by atoms with Crippen molar-refractivity contribution < 1.29 is 13.2 Å². The number of nitrogens with zero attached hydrogens (tertiary/aromatic N) is 3. The molecular formula is C15H21N5O3S2. The highest BCUT2D eigenvalue weighted by molar-refractivity contribution is 7.87. The number of carbonyl (C=O) groups is 1. The molecule has 25 heavy (non-hydrogen) atoms. The topological polar surface area (TPSA) is 96.3 Å². The predicted molar refractivity (Wildman–Crippen MR) is 95.1 cm³/mol. The van der Waals surface area contributed by atoms with Gasteiger partial charge in [-0.25, -0.2) is 0 Å². The molecule has 2 N–H and O–H groups in total. The predicted octanol–water partition coefficient (Wildman–Crippen LogP) is 0.686. The minimum atomic E-state index is -3.74. The van der Waals surface area contributed by atoms with Crippen molar-refractivity contribution in [1.29, 1.82) is 0 Å². The fourth-order valence-electron chi connectivity index (χ4n) is 2.98. The summed E-state index contributed by atoms with van der Waals surface area (Å²) in [7, 11) is -0.541. The minimum Gasteiger partial charge on any atom is -0.350 e. The summed E-state index contributed by atoms with van der Waals surface area (Å²) in [6.45, 7) is 2.22. The van der Waals surface area contributed by atoms with Crippen LogP contribution in [0.3, 0.4) is 0 Å². The van der Waals surface area contributed by atoms with E-state index in [0.29, 0.717) is 13.0 Å². The van der Waals surface area contributed by atoms with Crippen LogP contribution in [-0.2, 0) is 28.6 Å². The van der Waals surface area contributed by atoms with E-state index in [4.69, 9.17) is 0 Å². The van der Waals surface area contributed by atoms with Crippen molar-refractivity contribution in [2.45, 2.75) is 32.0 Å². The zero-order valence-electron chi connectivity index (χ0n) is 14.3. The Balaban J connectivity index is 1.79. The van der Waals surface area contributed by atoms with Crippen LogP contribution in [0.4, 0.5) is 0 Å². The second-order valence-corrected chi connectivity index (χ2v) is 8.88. The van der Waals surface area contributed by atoms with Crippen LogP contribution in [0.2, 0.25) is 0 Å². The average Bonchev–Trinajstić information content (AvgIpc) is 3.16. The van der Waals surface area contributed by atoms with Crippen molar-refractivity contribution in [3.8, 4) is 0 Å². The lowest BCUT2D eigenvalue weighted by atomic mass is 10.00. The van der Waals surface area contributed by atoms with Gasteiger partial charge in [-0.3, -0.25) is 9.48 Å². The number of likely N-dealkylation sites (N-methyl/N-ethyl adjacent to an activating group) is 1. The molecule has 0 saturated carbocycles. The summed E-state index contributed by atoms with van der Waals surface area (Å²) in [5.74, 6) is -0.299. The van der Waals surface area contributed by atoms with Gasteiger partial charge in [-0.05, 0) is 24.8 Å². The first-order chi connectivity index (χ1) is 11.8. The lowest BCUT2D eigenvalue weighted by molar-refractivity contribution is -0.125. The first-order valence-electron chi connectivity index (χ1n) is 7.83. The summed E-state index contributed by atoms with van der Waals surface area (Å²) in [5, 5.41) is 9.03. The van der Waals surface area contributed by atoms with Crippen molar-refractivity contribution in [2.24, 2.45) is 7.05 Å². The fraction of sp³-hybridized carbons (Fsp3) is 0.467. The third-order valence-corrected chi connectivity index (χ3v) is 6.79. The molecule has 10 heteroatoms. The summed E-state index contributed by atoms with van der Waals surface area (Å²) < 4.78 is 30.3. The van der Waals surface area contributed by atoms with Gasteiger partial charge in [-0.2, -0.15) is 22.5 Å². The zero-order valence-corrected chi connectivity index (χ0v) is 15.9. The van der Waals surface area contributed by atoms with Crippen LogP contribution in [0.1, 0.15) is 28.6 Å². The second-order valence-electron chi connectivity index (χ2n) is 6.08. The molecule has 0 radical (unpaired) electrons. The van der Waals surface area contributed by atoms with Gasteiger partial charge >= 0.3 is 0 Å². The summed E-state index contributed by atoms with van der Waals surface area (Å²) in [6.07, 6.45) is 2.13. The number of carbonyl (C=O) groups excluding carboxylic acids is 1. The maximum Gasteiger partial charge on any atom is 0.280 e. The van der Waals surface area contributed by atoms with Crippen LogP contribution in [0, 0.1) is 6.92 Å². The Hall–Kier alpha value is -1.75. The first-order valence-corrected chi connectivity index (χ1v) is 10.2. The van der Waals surface area contributed by atoms with E-state index in [9.17, 15) is 13.2 Å². The van der Waals surface area contributed by atoms with Gasteiger partial charge in [0.2, 0.25) is 5.91 Å². The minimum absolute atomic E-state index is 0.299. The highest BCUT2D eigenvalue weighted by atomic mass is 32.2. The molecule has 1 aliphatic heterocycles. The van der Waals surface area contributed by atoms with E-state index in [0.717, 1.165) is 20.4 Å². The van der Waals surface area contributed by atoms with Gasteiger partial charge in [0.25, 0.3) is 10.2 Å². The van der Waals surface area contributed by atoms with E-state index >= 15 is 0 Å². The van der Waals surface area contributed by atoms with Crippen molar-refractivity contribution in [3.63, 3.8) is 0 Å². The molecule has 3 rings (SSSR count). The molecule has 1 saturated heterocycles. The smallest absolute Gasteiger partial charge is 0.280 e. The summed E-state index contributed by atoms with van der Waals surface area (Å²) in [4.78, 5) is 13.6. The van der Waals surface area contributed by atoms with E-state index < -0.39 is 22.3 Å². The Morgan fingerprint density at radius 2 is 2.24 bits per heavy atom. The normalized spacial score (nSPS) is 23.5. The van der Waals surface area contributed by atoms with Gasteiger partial charge in [0.1, 0.15) is 6.04 Å². The number of aromatic nitrogens is 2. The molecule has 0 spiro atoms. The van der Waals surface area contributed by atoms with E-state index in [-0.39, 0.29) is 5.91 Å². The molecule has 0 bridgehead atoms. The molecule has 2 atom stereocenters. The second kappa shape index (κ2) is 6.87. The van der Waals surface area contributed by atoms with Gasteiger partial charge in [0.05, 0.1) is 18.3 Å². The number of aryl methyl sites for hydroxylation is 2. The highest BCUT2D eigenvalue weighted by Crippen LogP contribution is 2.29. The van der Waals surface area contributed by atoms with Crippen LogP contribution in [0.15, 0.2) is 23.7 Å². The van der Waals surface area contributed by atoms with E-state index in [1.165, 1.54) is 7.05 Å². The average molecular weight is 383 g/mol. The van der Waals surface area contributed by atoms with E-state index in [2.05, 4.69) is 15.1 Å². The molecule has 1 aliphatic rings. The molecule has 2 aromatic heterocycles. The van der Waals surface area contributed by atoms with E-state index in [1.807, 2.05) is 24.4 Å². The standard InChI is InChI=1S/C15H21N5O3S2/c1-10-12(9-19(2)17-10)13-7-14(20(3)25(22,23)18-13)15(21)16-8-11-5-4-6-24-11/h4-6,9,13-14,18H,7-8H2,1-3H3,(H,16,21)/t13-,14+/m0/s1. The third kappa shape index (κ3) is 3.76. The Morgan fingerprint density at radius 1 is 1.48 bits per heavy atom. The molecule has 1 fully saturated rings. The Kier molecular flexibility index (Phi) is 4.96. The summed E-state index contributed by atoms with van der Waals surface area (Å²) in [6, 6.07) is 2.59. The molecular weight excluding hydrogens is 362 g/mol. The van der Waals surface area contributed by atoms with Crippen LogP contribution < -0.4 is 10.0 Å². The summed E-state index contributed by atoms with van der Waals surface area (Å²) in [5.41, 5.74) is 1.53. The fourth-order valence-corrected chi connectivity index (χ4v) is 4.89. The van der Waals surface area contributed by atoms with Gasteiger partial charge in [0, 0.05) is 30.7 Å². The van der Waals surface area contributed by atoms with Gasteiger partial charge < -0.3 is 5.32 Å². The number of hydrogen-bond donors (Lipinski definition) is 2. The van der Waals surface area contributed by atoms with Crippen molar-refractivity contribution in [1.82, 2.24) is 24.1 Å². The maximum absolute atomic E-state index is 12.6.